The molecule has 0 saturated heterocycles. The Morgan fingerprint density at radius 3 is 2.74 bits per heavy atom. The fourth-order valence-corrected chi connectivity index (χ4v) is 2.10. The summed E-state index contributed by atoms with van der Waals surface area (Å²) in [5.74, 6) is 0.620. The maximum Gasteiger partial charge on any atom is 0.311 e. The van der Waals surface area contributed by atoms with Crippen LogP contribution in [0.25, 0.3) is 0 Å². The van der Waals surface area contributed by atoms with Gasteiger partial charge in [-0.3, -0.25) is 4.79 Å². The molecule has 0 radical (unpaired) electrons. The smallest absolute Gasteiger partial charge is 0.311 e. The Kier molecular flexibility index (Phi) is 3.69. The van der Waals surface area contributed by atoms with Crippen LogP contribution in [0.15, 0.2) is 6.07 Å². The van der Waals surface area contributed by atoms with Crippen molar-refractivity contribution in [1.82, 2.24) is 0 Å². The number of phenols is 1. The van der Waals surface area contributed by atoms with Crippen LogP contribution in [0, 0.1) is 19.8 Å². The zero-order valence-electron chi connectivity index (χ0n) is 11.8. The Balaban J connectivity index is 2.20. The molecule has 1 aromatic carbocycles. The number of carbonyl (C=O) groups is 1. The molecule has 0 bridgehead atoms. The summed E-state index contributed by atoms with van der Waals surface area (Å²) in [7, 11) is 0. The third kappa shape index (κ3) is 2.67. The summed E-state index contributed by atoms with van der Waals surface area (Å²) < 4.78 is 11.1. The van der Waals surface area contributed by atoms with Crippen LogP contribution in [0.4, 0.5) is 0 Å². The second-order valence-electron chi connectivity index (χ2n) is 5.31. The van der Waals surface area contributed by atoms with Crippen molar-refractivity contribution in [3.05, 3.63) is 22.8 Å². The van der Waals surface area contributed by atoms with Gasteiger partial charge in [0.15, 0.2) is 0 Å². The number of hydrogen-bond acceptors (Lipinski definition) is 4. The number of carbonyl (C=O) groups excluding carboxylic acids is 1. The normalized spacial score (nSPS) is 17.8. The first-order chi connectivity index (χ1) is 8.90. The molecule has 0 spiro atoms. The van der Waals surface area contributed by atoms with E-state index in [0.717, 1.165) is 28.9 Å². The maximum atomic E-state index is 11.6. The molecule has 0 aromatic heterocycles. The minimum absolute atomic E-state index is 0.160. The zero-order chi connectivity index (χ0) is 14.2. The molecule has 0 saturated carbocycles. The van der Waals surface area contributed by atoms with Gasteiger partial charge in [0.05, 0.1) is 5.92 Å². The van der Waals surface area contributed by atoms with Crippen LogP contribution in [0.2, 0.25) is 0 Å². The Hall–Kier alpha value is -1.71. The second-order valence-corrected chi connectivity index (χ2v) is 5.31. The van der Waals surface area contributed by atoms with Gasteiger partial charge in [-0.15, -0.1) is 0 Å². The number of rotatable bonds is 2. The Bertz CT molecular complexity index is 505. The van der Waals surface area contributed by atoms with E-state index < -0.39 is 6.29 Å². The maximum absolute atomic E-state index is 11.6. The van der Waals surface area contributed by atoms with E-state index in [2.05, 4.69) is 0 Å². The Morgan fingerprint density at radius 1 is 1.42 bits per heavy atom. The van der Waals surface area contributed by atoms with Gasteiger partial charge in [-0.05, 0) is 43.0 Å². The molecule has 19 heavy (non-hydrogen) atoms. The van der Waals surface area contributed by atoms with E-state index in [4.69, 9.17) is 9.47 Å². The van der Waals surface area contributed by atoms with Crippen LogP contribution in [0.3, 0.4) is 0 Å². The largest absolute Gasteiger partial charge is 0.508 e. The van der Waals surface area contributed by atoms with E-state index in [9.17, 15) is 9.90 Å². The standard InChI is InChI=1S/C15H20O4/c1-8(2)15(17)19-13-6-5-11-7-12(16)9(3)10(4)14(11)18-13/h7-8,13,16H,5-6H2,1-4H3. The molecule has 1 aliphatic heterocycles. The van der Waals surface area contributed by atoms with Crippen molar-refractivity contribution >= 4 is 5.97 Å². The highest BCUT2D eigenvalue weighted by Gasteiger charge is 2.26. The van der Waals surface area contributed by atoms with E-state index >= 15 is 0 Å². The van der Waals surface area contributed by atoms with Gasteiger partial charge in [0, 0.05) is 6.42 Å². The molecule has 1 N–H and O–H groups in total. The highest BCUT2D eigenvalue weighted by atomic mass is 16.7. The van der Waals surface area contributed by atoms with Gasteiger partial charge in [0.1, 0.15) is 11.5 Å². The van der Waals surface area contributed by atoms with Crippen LogP contribution in [0.5, 0.6) is 11.5 Å². The molecule has 1 atom stereocenters. The van der Waals surface area contributed by atoms with Gasteiger partial charge in [0.2, 0.25) is 6.29 Å². The van der Waals surface area contributed by atoms with Crippen molar-refractivity contribution in [2.24, 2.45) is 5.92 Å². The SMILES string of the molecule is Cc1c(O)cc2c(c1C)OC(OC(=O)C(C)C)CC2. The van der Waals surface area contributed by atoms with Gasteiger partial charge < -0.3 is 14.6 Å². The highest BCUT2D eigenvalue weighted by molar-refractivity contribution is 5.71. The van der Waals surface area contributed by atoms with Crippen LogP contribution in [-0.4, -0.2) is 17.4 Å². The van der Waals surface area contributed by atoms with E-state index in [0.29, 0.717) is 6.42 Å². The number of esters is 1. The first-order valence-corrected chi connectivity index (χ1v) is 6.59. The third-order valence-electron chi connectivity index (χ3n) is 3.51. The third-order valence-corrected chi connectivity index (χ3v) is 3.51. The summed E-state index contributed by atoms with van der Waals surface area (Å²) in [5, 5.41) is 9.80. The average Bonchev–Trinajstić information content (AvgIpc) is 2.37. The average molecular weight is 264 g/mol. The molecule has 0 aliphatic carbocycles. The number of aryl methyl sites for hydroxylation is 1. The number of hydrogen-bond donors (Lipinski definition) is 1. The predicted octanol–water partition coefficient (Wildman–Crippen LogP) is 2.86. The van der Waals surface area contributed by atoms with Crippen molar-refractivity contribution in [3.63, 3.8) is 0 Å². The highest BCUT2D eigenvalue weighted by Crippen LogP contribution is 2.37. The summed E-state index contributed by atoms with van der Waals surface area (Å²) in [5.41, 5.74) is 2.67. The Morgan fingerprint density at radius 2 is 2.11 bits per heavy atom. The summed E-state index contributed by atoms with van der Waals surface area (Å²) >= 11 is 0. The number of benzene rings is 1. The topological polar surface area (TPSA) is 55.8 Å². The number of aromatic hydroxyl groups is 1. The predicted molar refractivity (Wildman–Crippen MR) is 71.2 cm³/mol. The molecule has 0 amide bonds. The summed E-state index contributed by atoms with van der Waals surface area (Å²) in [6.07, 6.45) is 0.832. The van der Waals surface area contributed by atoms with Crippen molar-refractivity contribution in [2.75, 3.05) is 0 Å². The minimum atomic E-state index is -0.523. The van der Waals surface area contributed by atoms with Gasteiger partial charge >= 0.3 is 5.97 Å². The van der Waals surface area contributed by atoms with Crippen LogP contribution < -0.4 is 4.74 Å². The monoisotopic (exact) mass is 264 g/mol. The van der Waals surface area contributed by atoms with E-state index in [1.54, 1.807) is 19.9 Å². The summed E-state index contributed by atoms with van der Waals surface area (Å²) in [4.78, 5) is 11.6. The van der Waals surface area contributed by atoms with E-state index in [1.807, 2.05) is 13.8 Å². The number of phenolic OH excluding ortho intramolecular Hbond substituents is 1. The Labute approximate surface area is 113 Å². The molecule has 1 aromatic rings. The summed E-state index contributed by atoms with van der Waals surface area (Å²) in [6, 6.07) is 1.73. The molecular formula is C15H20O4. The van der Waals surface area contributed by atoms with Crippen LogP contribution in [0.1, 0.15) is 37.0 Å². The second kappa shape index (κ2) is 5.11. The molecule has 4 heteroatoms. The molecule has 4 nitrogen and oxygen atoms in total. The molecule has 104 valence electrons. The van der Waals surface area contributed by atoms with Crippen molar-refractivity contribution in [1.29, 1.82) is 0 Å². The van der Waals surface area contributed by atoms with Gasteiger partial charge in [-0.2, -0.15) is 0 Å². The minimum Gasteiger partial charge on any atom is -0.508 e. The molecule has 0 fully saturated rings. The number of fused-ring (bicyclic) bond motifs is 1. The molecule has 1 unspecified atom stereocenters. The van der Waals surface area contributed by atoms with E-state index in [-0.39, 0.29) is 17.6 Å². The molecule has 2 rings (SSSR count). The van der Waals surface area contributed by atoms with Crippen molar-refractivity contribution < 1.29 is 19.4 Å². The van der Waals surface area contributed by atoms with Gasteiger partial charge in [-0.25, -0.2) is 0 Å². The molecule has 1 aliphatic rings. The van der Waals surface area contributed by atoms with Crippen LogP contribution in [-0.2, 0) is 16.0 Å². The molecular weight excluding hydrogens is 244 g/mol. The lowest BCUT2D eigenvalue weighted by Crippen LogP contribution is -2.30. The quantitative estimate of drug-likeness (QED) is 0.834. The van der Waals surface area contributed by atoms with Crippen LogP contribution >= 0.6 is 0 Å². The lowest BCUT2D eigenvalue weighted by molar-refractivity contribution is -0.169. The first-order valence-electron chi connectivity index (χ1n) is 6.59. The number of ether oxygens (including phenoxy) is 2. The fraction of sp³-hybridized carbons (Fsp3) is 0.533. The zero-order valence-corrected chi connectivity index (χ0v) is 11.8. The van der Waals surface area contributed by atoms with Gasteiger partial charge in [-0.1, -0.05) is 13.8 Å². The molecule has 1 heterocycles. The fourth-order valence-electron chi connectivity index (χ4n) is 2.10. The van der Waals surface area contributed by atoms with Crippen molar-refractivity contribution in [2.45, 2.75) is 46.8 Å². The summed E-state index contributed by atoms with van der Waals surface area (Å²) in [6.45, 7) is 7.34. The first kappa shape index (κ1) is 13.7. The lowest BCUT2D eigenvalue weighted by atomic mass is 9.98. The van der Waals surface area contributed by atoms with Gasteiger partial charge in [0.25, 0.3) is 0 Å². The lowest BCUT2D eigenvalue weighted by Gasteiger charge is -2.28. The van der Waals surface area contributed by atoms with Crippen molar-refractivity contribution in [3.8, 4) is 11.5 Å². The van der Waals surface area contributed by atoms with E-state index in [1.165, 1.54) is 0 Å².